The minimum absolute atomic E-state index is 0.175. The molecule has 0 bridgehead atoms. The van der Waals surface area contributed by atoms with E-state index < -0.39 is 6.10 Å². The maximum absolute atomic E-state index is 12.7. The van der Waals surface area contributed by atoms with Crippen LogP contribution in [-0.2, 0) is 11.2 Å². The fraction of sp³-hybridized carbons (Fsp3) is 0.192. The number of anilines is 1. The number of benzene rings is 2. The van der Waals surface area contributed by atoms with E-state index in [1.807, 2.05) is 36.5 Å². The molecule has 0 saturated carbocycles. The number of fused-ring (bicyclic) bond motifs is 1. The van der Waals surface area contributed by atoms with Gasteiger partial charge in [-0.05, 0) is 54.0 Å². The zero-order valence-electron chi connectivity index (χ0n) is 18.2. The van der Waals surface area contributed by atoms with Crippen LogP contribution in [0.5, 0.6) is 11.5 Å². The molecule has 0 saturated heterocycles. The number of carbonyl (C=O) groups excluding carboxylic acids is 1. The highest BCUT2D eigenvalue weighted by Crippen LogP contribution is 2.36. The maximum atomic E-state index is 12.7. The van der Waals surface area contributed by atoms with Crippen LogP contribution < -0.4 is 14.8 Å². The number of rotatable bonds is 5. The molecule has 1 aliphatic heterocycles. The van der Waals surface area contributed by atoms with Crippen molar-refractivity contribution in [2.45, 2.75) is 19.4 Å². The van der Waals surface area contributed by atoms with Gasteiger partial charge in [-0.3, -0.25) is 4.79 Å². The average Bonchev–Trinajstić information content (AvgIpc) is 3.40. The number of amides is 1. The second-order valence-electron chi connectivity index (χ2n) is 7.30. The van der Waals surface area contributed by atoms with Gasteiger partial charge in [0.15, 0.2) is 11.5 Å². The summed E-state index contributed by atoms with van der Waals surface area (Å²) in [7, 11) is 3.10. The Morgan fingerprint density at radius 1 is 1.12 bits per heavy atom. The summed E-state index contributed by atoms with van der Waals surface area (Å²) in [5.41, 5.74) is 5.27. The Kier molecular flexibility index (Phi) is 6.02. The number of aliphatic hydroxyl groups is 1. The minimum Gasteiger partial charge on any atom is -0.493 e. The van der Waals surface area contributed by atoms with E-state index in [9.17, 15) is 9.90 Å². The van der Waals surface area contributed by atoms with Crippen LogP contribution in [0, 0.1) is 11.8 Å². The quantitative estimate of drug-likeness (QED) is 0.421. The number of methoxy groups -OCH3 is 2. The molecule has 3 N–H and O–H groups in total. The van der Waals surface area contributed by atoms with Crippen molar-refractivity contribution in [3.8, 4) is 23.3 Å². The molecule has 4 rings (SSSR count). The fourth-order valence-corrected chi connectivity index (χ4v) is 3.75. The molecule has 1 atom stereocenters. The topological polar surface area (TPSA) is 83.6 Å². The molecular weight excluding hydrogens is 404 g/mol. The smallest absolute Gasteiger partial charge is 0.256 e. The second-order valence-corrected chi connectivity index (χ2v) is 7.30. The Hall–Kier alpha value is -3.95. The highest BCUT2D eigenvalue weighted by molar-refractivity contribution is 6.35. The third kappa shape index (κ3) is 3.98. The molecule has 6 nitrogen and oxygen atoms in total. The predicted molar refractivity (Wildman–Crippen MR) is 124 cm³/mol. The molecule has 0 spiro atoms. The monoisotopic (exact) mass is 428 g/mol. The lowest BCUT2D eigenvalue weighted by Gasteiger charge is -2.10. The van der Waals surface area contributed by atoms with Gasteiger partial charge < -0.3 is 24.9 Å². The number of aliphatic hydroxyl groups excluding tert-OH is 1. The molecule has 3 aromatic rings. The predicted octanol–water partition coefficient (Wildman–Crippen LogP) is 4.17. The number of hydrogen-bond acceptors (Lipinski definition) is 4. The van der Waals surface area contributed by atoms with E-state index in [2.05, 4.69) is 29.1 Å². The lowest BCUT2D eigenvalue weighted by atomic mass is 9.98. The first-order chi connectivity index (χ1) is 15.5. The van der Waals surface area contributed by atoms with Crippen molar-refractivity contribution in [3.05, 3.63) is 76.6 Å². The average molecular weight is 428 g/mol. The molecule has 6 heteroatoms. The van der Waals surface area contributed by atoms with Crippen LogP contribution >= 0.6 is 0 Å². The van der Waals surface area contributed by atoms with Crippen LogP contribution in [-0.4, -0.2) is 30.2 Å². The van der Waals surface area contributed by atoms with Crippen molar-refractivity contribution >= 4 is 23.2 Å². The maximum Gasteiger partial charge on any atom is 0.256 e. The van der Waals surface area contributed by atoms with Gasteiger partial charge >= 0.3 is 0 Å². The summed E-state index contributed by atoms with van der Waals surface area (Å²) in [5, 5.41) is 13.5. The Bertz CT molecular complexity index is 1260. The number of aromatic amines is 1. The van der Waals surface area contributed by atoms with Gasteiger partial charge in [0.1, 0.15) is 6.10 Å². The summed E-state index contributed by atoms with van der Waals surface area (Å²) in [5.74, 6) is 6.86. The Labute approximate surface area is 186 Å². The molecule has 1 aliphatic rings. The van der Waals surface area contributed by atoms with Crippen molar-refractivity contribution in [2.24, 2.45) is 0 Å². The minimum atomic E-state index is -1.03. The SMILES string of the molecule is CCc1cc[nH]c1/C=C1\C(=O)Nc2cccc(C#CC(O)c3ccc(OC)c(OC)c3)c21. The first-order valence-electron chi connectivity index (χ1n) is 10.3. The van der Waals surface area contributed by atoms with Crippen LogP contribution in [0.2, 0.25) is 0 Å². The molecule has 0 radical (unpaired) electrons. The number of H-pyrrole nitrogens is 1. The largest absolute Gasteiger partial charge is 0.493 e. The van der Waals surface area contributed by atoms with Gasteiger partial charge in [0.25, 0.3) is 5.91 Å². The third-order valence-corrected chi connectivity index (χ3v) is 5.43. The van der Waals surface area contributed by atoms with E-state index in [0.717, 1.165) is 23.2 Å². The lowest BCUT2D eigenvalue weighted by molar-refractivity contribution is -0.110. The van der Waals surface area contributed by atoms with Crippen molar-refractivity contribution in [1.29, 1.82) is 0 Å². The van der Waals surface area contributed by atoms with E-state index in [4.69, 9.17) is 9.47 Å². The van der Waals surface area contributed by atoms with E-state index in [0.29, 0.717) is 33.9 Å². The molecule has 2 heterocycles. The van der Waals surface area contributed by atoms with Crippen LogP contribution in [0.25, 0.3) is 11.6 Å². The zero-order chi connectivity index (χ0) is 22.7. The Morgan fingerprint density at radius 3 is 2.69 bits per heavy atom. The van der Waals surface area contributed by atoms with Crippen molar-refractivity contribution in [2.75, 3.05) is 19.5 Å². The van der Waals surface area contributed by atoms with Crippen LogP contribution in [0.1, 0.15) is 41.0 Å². The first kappa shape index (κ1) is 21.3. The van der Waals surface area contributed by atoms with Crippen molar-refractivity contribution < 1.29 is 19.4 Å². The summed E-state index contributed by atoms with van der Waals surface area (Å²) in [6, 6.07) is 12.7. The normalized spacial score (nSPS) is 14.4. The zero-order valence-corrected chi connectivity index (χ0v) is 18.2. The number of ether oxygens (including phenoxy) is 2. The summed E-state index contributed by atoms with van der Waals surface area (Å²) in [6.45, 7) is 2.07. The number of hydrogen-bond donors (Lipinski definition) is 3. The summed E-state index contributed by atoms with van der Waals surface area (Å²) < 4.78 is 10.5. The third-order valence-electron chi connectivity index (χ3n) is 5.43. The molecular formula is C26H24N2O4. The molecule has 162 valence electrons. The van der Waals surface area contributed by atoms with Crippen molar-refractivity contribution in [1.82, 2.24) is 4.98 Å². The van der Waals surface area contributed by atoms with E-state index in [1.165, 1.54) is 0 Å². The van der Waals surface area contributed by atoms with Crippen LogP contribution in [0.4, 0.5) is 5.69 Å². The van der Waals surface area contributed by atoms with Crippen LogP contribution in [0.15, 0.2) is 48.7 Å². The molecule has 32 heavy (non-hydrogen) atoms. The molecule has 1 aromatic heterocycles. The number of aromatic nitrogens is 1. The van der Waals surface area contributed by atoms with Gasteiger partial charge in [-0.1, -0.05) is 30.9 Å². The molecule has 0 fully saturated rings. The summed E-state index contributed by atoms with van der Waals surface area (Å²) in [4.78, 5) is 15.9. The number of carbonyl (C=O) groups is 1. The van der Waals surface area contributed by atoms with E-state index >= 15 is 0 Å². The molecule has 1 amide bonds. The lowest BCUT2D eigenvalue weighted by Crippen LogP contribution is -2.03. The number of nitrogens with one attached hydrogen (secondary N) is 2. The van der Waals surface area contributed by atoms with Crippen molar-refractivity contribution in [3.63, 3.8) is 0 Å². The van der Waals surface area contributed by atoms with E-state index in [-0.39, 0.29) is 5.91 Å². The molecule has 2 aromatic carbocycles. The van der Waals surface area contributed by atoms with Crippen LogP contribution in [0.3, 0.4) is 0 Å². The number of aryl methyl sites for hydroxylation is 1. The molecule has 1 unspecified atom stereocenters. The second kappa shape index (κ2) is 9.04. The Balaban J connectivity index is 1.71. The first-order valence-corrected chi connectivity index (χ1v) is 10.3. The van der Waals surface area contributed by atoms with Gasteiger partial charge in [-0.2, -0.15) is 0 Å². The van der Waals surface area contributed by atoms with Gasteiger partial charge in [-0.15, -0.1) is 0 Å². The van der Waals surface area contributed by atoms with E-state index in [1.54, 1.807) is 32.4 Å². The highest BCUT2D eigenvalue weighted by Gasteiger charge is 2.26. The molecule has 0 aliphatic carbocycles. The Morgan fingerprint density at radius 2 is 1.94 bits per heavy atom. The van der Waals surface area contributed by atoms with Gasteiger partial charge in [-0.25, -0.2) is 0 Å². The van der Waals surface area contributed by atoms with Gasteiger partial charge in [0, 0.05) is 23.0 Å². The van der Waals surface area contributed by atoms with Gasteiger partial charge in [0.05, 0.1) is 25.5 Å². The summed E-state index contributed by atoms with van der Waals surface area (Å²) >= 11 is 0. The highest BCUT2D eigenvalue weighted by atomic mass is 16.5. The fourth-order valence-electron chi connectivity index (χ4n) is 3.75. The van der Waals surface area contributed by atoms with Gasteiger partial charge in [0.2, 0.25) is 0 Å². The standard InChI is InChI=1S/C26H24N2O4/c1-4-16-12-13-27-21(16)15-19-25-17(6-5-7-20(25)28-26(19)30)8-10-22(29)18-9-11-23(31-2)24(14-18)32-3/h5-7,9,11-15,22,27,29H,4H2,1-3H3,(H,28,30)/b19-15-. The summed E-state index contributed by atoms with van der Waals surface area (Å²) in [6.07, 6.45) is 3.55.